The number of nitrogens with zero attached hydrogens (tertiary/aromatic N) is 1. The number of carbonyl (C=O) groups excluding carboxylic acids is 3. The Bertz CT molecular complexity index is 873. The number of hydrogen-bond acceptors (Lipinski definition) is 3. The molecule has 0 saturated carbocycles. The van der Waals surface area contributed by atoms with Gasteiger partial charge in [0.25, 0.3) is 11.8 Å². The fraction of sp³-hybridized carbons (Fsp3) is 0.250. The van der Waals surface area contributed by atoms with Crippen molar-refractivity contribution in [1.29, 1.82) is 0 Å². The maximum Gasteiger partial charge on any atom is 0.416 e. The molecule has 0 fully saturated rings. The van der Waals surface area contributed by atoms with Gasteiger partial charge in [-0.05, 0) is 36.2 Å². The van der Waals surface area contributed by atoms with Crippen molar-refractivity contribution < 1.29 is 27.6 Å². The van der Waals surface area contributed by atoms with E-state index in [1.165, 1.54) is 12.1 Å². The Morgan fingerprint density at radius 3 is 2.04 bits per heavy atom. The third kappa shape index (κ3) is 4.21. The molecule has 3 amide bonds. The van der Waals surface area contributed by atoms with Crippen LogP contribution in [0.25, 0.3) is 0 Å². The predicted molar refractivity (Wildman–Crippen MR) is 94.3 cm³/mol. The minimum atomic E-state index is -4.40. The molecule has 146 valence electrons. The Kier molecular flexibility index (Phi) is 5.48. The predicted octanol–water partition coefficient (Wildman–Crippen LogP) is 3.40. The zero-order valence-electron chi connectivity index (χ0n) is 14.8. The highest BCUT2D eigenvalue weighted by Gasteiger charge is 2.34. The van der Waals surface area contributed by atoms with Crippen molar-refractivity contribution in [3.63, 3.8) is 0 Å². The summed E-state index contributed by atoms with van der Waals surface area (Å²) in [6.07, 6.45) is -4.01. The highest BCUT2D eigenvalue weighted by molar-refractivity contribution is 6.21. The van der Waals surface area contributed by atoms with Gasteiger partial charge in [-0.3, -0.25) is 19.3 Å². The van der Waals surface area contributed by atoms with E-state index in [0.717, 1.165) is 17.0 Å². The van der Waals surface area contributed by atoms with Crippen LogP contribution in [0.3, 0.4) is 0 Å². The first-order valence-corrected chi connectivity index (χ1v) is 8.65. The lowest BCUT2D eigenvalue weighted by Crippen LogP contribution is -2.32. The van der Waals surface area contributed by atoms with Gasteiger partial charge in [-0.25, -0.2) is 0 Å². The molecule has 0 aromatic heterocycles. The molecule has 1 aliphatic heterocycles. The molecule has 0 unspecified atom stereocenters. The van der Waals surface area contributed by atoms with E-state index in [-0.39, 0.29) is 37.2 Å². The van der Waals surface area contributed by atoms with E-state index in [0.29, 0.717) is 23.1 Å². The Morgan fingerprint density at radius 1 is 0.929 bits per heavy atom. The molecule has 3 rings (SSSR count). The quantitative estimate of drug-likeness (QED) is 0.769. The van der Waals surface area contributed by atoms with Gasteiger partial charge in [-0.15, -0.1) is 0 Å². The van der Waals surface area contributed by atoms with Crippen molar-refractivity contribution >= 4 is 17.7 Å². The summed E-state index contributed by atoms with van der Waals surface area (Å²) in [5.74, 6) is -1.05. The lowest BCUT2D eigenvalue weighted by atomic mass is 10.1. The Labute approximate surface area is 159 Å². The monoisotopic (exact) mass is 390 g/mol. The smallest absolute Gasteiger partial charge is 0.352 e. The van der Waals surface area contributed by atoms with Gasteiger partial charge in [-0.2, -0.15) is 13.2 Å². The van der Waals surface area contributed by atoms with E-state index < -0.39 is 11.7 Å². The van der Waals surface area contributed by atoms with E-state index in [2.05, 4.69) is 5.32 Å². The van der Waals surface area contributed by atoms with Crippen molar-refractivity contribution in [2.75, 3.05) is 6.54 Å². The Morgan fingerprint density at radius 2 is 1.50 bits per heavy atom. The molecular formula is C20H17F3N2O3. The van der Waals surface area contributed by atoms with Crippen LogP contribution in [0.1, 0.15) is 44.7 Å². The molecule has 2 aromatic carbocycles. The highest BCUT2D eigenvalue weighted by Crippen LogP contribution is 2.29. The first-order chi connectivity index (χ1) is 13.3. The van der Waals surface area contributed by atoms with E-state index in [9.17, 15) is 27.6 Å². The van der Waals surface area contributed by atoms with Crippen LogP contribution in [0.5, 0.6) is 0 Å². The number of nitrogens with one attached hydrogen (secondary N) is 1. The molecule has 0 atom stereocenters. The van der Waals surface area contributed by atoms with Gasteiger partial charge in [0.2, 0.25) is 5.91 Å². The summed E-state index contributed by atoms with van der Waals surface area (Å²) in [5.41, 5.74) is 0.517. The third-order valence-electron chi connectivity index (χ3n) is 4.43. The maximum atomic E-state index is 12.5. The molecule has 1 aliphatic rings. The van der Waals surface area contributed by atoms with Gasteiger partial charge in [0.15, 0.2) is 0 Å². The summed E-state index contributed by atoms with van der Waals surface area (Å²) in [5, 5.41) is 2.61. The molecule has 0 saturated heterocycles. The Hall–Kier alpha value is -3.16. The molecule has 1 N–H and O–H groups in total. The number of carbonyl (C=O) groups is 3. The van der Waals surface area contributed by atoms with Gasteiger partial charge in [0.1, 0.15) is 0 Å². The number of halogens is 3. The van der Waals surface area contributed by atoms with Gasteiger partial charge >= 0.3 is 6.18 Å². The minimum Gasteiger partial charge on any atom is -0.352 e. The number of rotatable bonds is 6. The van der Waals surface area contributed by atoms with E-state index >= 15 is 0 Å². The largest absolute Gasteiger partial charge is 0.416 e. The third-order valence-corrected chi connectivity index (χ3v) is 4.43. The van der Waals surface area contributed by atoms with E-state index in [1.807, 2.05) is 0 Å². The first-order valence-electron chi connectivity index (χ1n) is 8.65. The van der Waals surface area contributed by atoms with Gasteiger partial charge < -0.3 is 5.32 Å². The summed E-state index contributed by atoms with van der Waals surface area (Å²) >= 11 is 0. The summed E-state index contributed by atoms with van der Waals surface area (Å²) in [4.78, 5) is 37.5. The van der Waals surface area contributed by atoms with Crippen molar-refractivity contribution in [3.05, 3.63) is 70.8 Å². The SMILES string of the molecule is O=C(CCCN1C(=O)c2ccccc2C1=O)NCc1ccc(C(F)(F)F)cc1. The molecule has 28 heavy (non-hydrogen) atoms. The van der Waals surface area contributed by atoms with Crippen molar-refractivity contribution in [3.8, 4) is 0 Å². The van der Waals surface area contributed by atoms with Crippen LogP contribution in [-0.4, -0.2) is 29.2 Å². The summed E-state index contributed by atoms with van der Waals surface area (Å²) < 4.78 is 37.6. The average Bonchev–Trinajstić information content (AvgIpc) is 2.91. The minimum absolute atomic E-state index is 0.0913. The lowest BCUT2D eigenvalue weighted by molar-refractivity contribution is -0.137. The second-order valence-electron chi connectivity index (χ2n) is 6.38. The van der Waals surface area contributed by atoms with E-state index in [4.69, 9.17) is 0 Å². The zero-order valence-corrected chi connectivity index (χ0v) is 14.8. The van der Waals surface area contributed by atoms with Gasteiger partial charge in [0.05, 0.1) is 16.7 Å². The number of alkyl halides is 3. The topological polar surface area (TPSA) is 66.5 Å². The first kappa shape index (κ1) is 19.6. The fourth-order valence-electron chi connectivity index (χ4n) is 2.94. The molecule has 0 spiro atoms. The average molecular weight is 390 g/mol. The van der Waals surface area contributed by atoms with Crippen LogP contribution >= 0.6 is 0 Å². The number of benzene rings is 2. The fourth-order valence-corrected chi connectivity index (χ4v) is 2.94. The summed E-state index contributed by atoms with van der Waals surface area (Å²) in [6, 6.07) is 11.1. The second-order valence-corrected chi connectivity index (χ2v) is 6.38. The molecule has 8 heteroatoms. The molecule has 0 radical (unpaired) electrons. The lowest BCUT2D eigenvalue weighted by Gasteiger charge is -2.13. The van der Waals surface area contributed by atoms with Crippen LogP contribution in [0.15, 0.2) is 48.5 Å². The second kappa shape index (κ2) is 7.84. The summed E-state index contributed by atoms with van der Waals surface area (Å²) in [6.45, 7) is 0.226. The molecule has 5 nitrogen and oxygen atoms in total. The maximum absolute atomic E-state index is 12.5. The van der Waals surface area contributed by atoms with Crippen LogP contribution in [-0.2, 0) is 17.5 Å². The molecule has 0 bridgehead atoms. The van der Waals surface area contributed by atoms with Crippen molar-refractivity contribution in [2.45, 2.75) is 25.6 Å². The van der Waals surface area contributed by atoms with Crippen LogP contribution in [0, 0.1) is 0 Å². The van der Waals surface area contributed by atoms with Gasteiger partial charge in [-0.1, -0.05) is 24.3 Å². The summed E-state index contributed by atoms with van der Waals surface area (Å²) in [7, 11) is 0. The highest BCUT2D eigenvalue weighted by atomic mass is 19.4. The number of hydrogen-bond donors (Lipinski definition) is 1. The number of fused-ring (bicyclic) bond motifs is 1. The number of amides is 3. The standard InChI is InChI=1S/C20H17F3N2O3/c21-20(22,23)14-9-7-13(8-10-14)12-24-17(26)6-3-11-25-18(27)15-4-1-2-5-16(15)19(25)28/h1-2,4-5,7-10H,3,6,11-12H2,(H,24,26). The Balaban J connectivity index is 1.44. The van der Waals surface area contributed by atoms with Gasteiger partial charge in [0, 0.05) is 19.5 Å². The van der Waals surface area contributed by atoms with Crippen LogP contribution in [0.2, 0.25) is 0 Å². The normalized spacial score (nSPS) is 13.6. The molecule has 2 aromatic rings. The number of imide groups is 1. The zero-order chi connectivity index (χ0) is 20.3. The van der Waals surface area contributed by atoms with E-state index in [1.54, 1.807) is 24.3 Å². The molecule has 0 aliphatic carbocycles. The van der Waals surface area contributed by atoms with Crippen molar-refractivity contribution in [2.24, 2.45) is 0 Å². The van der Waals surface area contributed by atoms with Crippen LogP contribution < -0.4 is 5.32 Å². The van der Waals surface area contributed by atoms with Crippen LogP contribution in [0.4, 0.5) is 13.2 Å². The van der Waals surface area contributed by atoms with Crippen molar-refractivity contribution in [1.82, 2.24) is 10.2 Å². The molecule has 1 heterocycles. The molecular weight excluding hydrogens is 373 g/mol.